The quantitative estimate of drug-likeness (QED) is 0.275. The summed E-state index contributed by atoms with van der Waals surface area (Å²) in [4.78, 5) is 0. The molecule has 0 heterocycles. The van der Waals surface area contributed by atoms with E-state index >= 15 is 0 Å². The second-order valence-corrected chi connectivity index (χ2v) is 4.91. The summed E-state index contributed by atoms with van der Waals surface area (Å²) < 4.78 is 13.8. The first-order valence-corrected chi connectivity index (χ1v) is 6.25. The molecule has 5 N–H and O–H groups in total. The molecule has 5 nitrogen and oxygen atoms in total. The molecule has 1 saturated carbocycles. The average molecular weight is 267 g/mol. The van der Waals surface area contributed by atoms with Gasteiger partial charge in [0.15, 0.2) is 5.84 Å². The van der Waals surface area contributed by atoms with Gasteiger partial charge in [-0.05, 0) is 31.4 Å². The number of amidine groups is 1. The van der Waals surface area contributed by atoms with Crippen LogP contribution in [0.2, 0.25) is 0 Å². The molecule has 0 bridgehead atoms. The molecule has 0 spiro atoms. The highest BCUT2D eigenvalue weighted by Crippen LogP contribution is 2.26. The van der Waals surface area contributed by atoms with Gasteiger partial charge in [0.2, 0.25) is 0 Å². The predicted octanol–water partition coefficient (Wildman–Crippen LogP) is 0.781. The van der Waals surface area contributed by atoms with Crippen molar-refractivity contribution >= 4 is 5.84 Å². The number of hydrogen-bond acceptors (Lipinski definition) is 4. The molecule has 1 fully saturated rings. The monoisotopic (exact) mass is 267 g/mol. The van der Waals surface area contributed by atoms with Gasteiger partial charge in [0.05, 0.1) is 6.10 Å². The third-order valence-corrected chi connectivity index (χ3v) is 3.42. The molecule has 0 radical (unpaired) electrons. The summed E-state index contributed by atoms with van der Waals surface area (Å²) in [6, 6.07) is 4.48. The lowest BCUT2D eigenvalue weighted by Gasteiger charge is -2.31. The maximum absolute atomic E-state index is 13.8. The van der Waals surface area contributed by atoms with Crippen LogP contribution in [-0.4, -0.2) is 28.8 Å². The number of rotatable bonds is 5. The van der Waals surface area contributed by atoms with Gasteiger partial charge in [-0.1, -0.05) is 17.3 Å². The number of nitrogens with zero attached hydrogens (tertiary/aromatic N) is 1. The molecule has 0 saturated heterocycles. The summed E-state index contributed by atoms with van der Waals surface area (Å²) in [6.07, 6.45) is 1.47. The maximum atomic E-state index is 13.8. The molecule has 19 heavy (non-hydrogen) atoms. The van der Waals surface area contributed by atoms with Gasteiger partial charge in [-0.3, -0.25) is 0 Å². The SMILES string of the molecule is NC(=NO)c1ccc(CNCC2CC(O)C2)c(F)c1. The number of oxime groups is 1. The zero-order valence-electron chi connectivity index (χ0n) is 10.5. The van der Waals surface area contributed by atoms with Gasteiger partial charge in [0.1, 0.15) is 5.82 Å². The van der Waals surface area contributed by atoms with Crippen molar-refractivity contribution in [2.24, 2.45) is 16.8 Å². The van der Waals surface area contributed by atoms with E-state index in [1.165, 1.54) is 6.07 Å². The summed E-state index contributed by atoms with van der Waals surface area (Å²) in [5, 5.41) is 23.7. The number of nitrogens with two attached hydrogens (primary N) is 1. The Kier molecular flexibility index (Phi) is 4.34. The number of nitrogens with one attached hydrogen (secondary N) is 1. The molecular weight excluding hydrogens is 249 g/mol. The minimum atomic E-state index is -0.384. The number of hydrogen-bond donors (Lipinski definition) is 4. The van der Waals surface area contributed by atoms with Crippen LogP contribution in [0.3, 0.4) is 0 Å². The molecule has 0 aromatic heterocycles. The highest BCUT2D eigenvalue weighted by atomic mass is 19.1. The van der Waals surface area contributed by atoms with Gasteiger partial charge in [0.25, 0.3) is 0 Å². The first-order valence-electron chi connectivity index (χ1n) is 6.25. The van der Waals surface area contributed by atoms with Gasteiger partial charge in [-0.2, -0.15) is 0 Å². The first-order chi connectivity index (χ1) is 9.10. The topological polar surface area (TPSA) is 90.9 Å². The Morgan fingerprint density at radius 1 is 1.47 bits per heavy atom. The van der Waals surface area contributed by atoms with Crippen LogP contribution in [0.1, 0.15) is 24.0 Å². The van der Waals surface area contributed by atoms with E-state index in [1.807, 2.05) is 0 Å². The third kappa shape index (κ3) is 3.42. The van der Waals surface area contributed by atoms with Crippen LogP contribution in [0.5, 0.6) is 0 Å². The van der Waals surface area contributed by atoms with Crippen LogP contribution in [0.4, 0.5) is 4.39 Å². The van der Waals surface area contributed by atoms with Crippen LogP contribution in [0.15, 0.2) is 23.4 Å². The predicted molar refractivity (Wildman–Crippen MR) is 69.3 cm³/mol. The fourth-order valence-corrected chi connectivity index (χ4v) is 2.19. The fourth-order valence-electron chi connectivity index (χ4n) is 2.19. The molecule has 1 aromatic rings. The molecule has 0 aliphatic heterocycles. The maximum Gasteiger partial charge on any atom is 0.170 e. The summed E-state index contributed by atoms with van der Waals surface area (Å²) in [7, 11) is 0. The van der Waals surface area contributed by atoms with E-state index in [4.69, 9.17) is 16.0 Å². The van der Waals surface area contributed by atoms with Crippen LogP contribution < -0.4 is 11.1 Å². The van der Waals surface area contributed by atoms with Gasteiger partial charge in [0, 0.05) is 17.7 Å². The Labute approximate surface area is 110 Å². The van der Waals surface area contributed by atoms with E-state index in [-0.39, 0.29) is 17.8 Å². The molecule has 0 amide bonds. The molecular formula is C13H18FN3O2. The fraction of sp³-hybridized carbons (Fsp3) is 0.462. The van der Waals surface area contributed by atoms with Gasteiger partial charge < -0.3 is 21.4 Å². The lowest BCUT2D eigenvalue weighted by Crippen LogP contribution is -2.36. The average Bonchev–Trinajstić information content (AvgIpc) is 2.37. The van der Waals surface area contributed by atoms with Crippen LogP contribution >= 0.6 is 0 Å². The molecule has 6 heteroatoms. The van der Waals surface area contributed by atoms with E-state index in [2.05, 4.69) is 10.5 Å². The van der Waals surface area contributed by atoms with E-state index in [0.29, 0.717) is 23.6 Å². The summed E-state index contributed by atoms with van der Waals surface area (Å²) in [5.74, 6) is -0.0124. The van der Waals surface area contributed by atoms with Crippen molar-refractivity contribution in [1.82, 2.24) is 5.32 Å². The van der Waals surface area contributed by atoms with Crippen LogP contribution in [-0.2, 0) is 6.54 Å². The van der Waals surface area contributed by atoms with Gasteiger partial charge >= 0.3 is 0 Å². The highest BCUT2D eigenvalue weighted by molar-refractivity contribution is 5.97. The van der Waals surface area contributed by atoms with Crippen molar-refractivity contribution in [2.45, 2.75) is 25.5 Å². The standard InChI is InChI=1S/C13H18FN3O2/c14-12-5-9(13(15)17-19)1-2-10(12)7-16-6-8-3-11(18)4-8/h1-2,5,8,11,16,18-19H,3-4,6-7H2,(H2,15,17). The van der Waals surface area contributed by atoms with E-state index in [1.54, 1.807) is 12.1 Å². The van der Waals surface area contributed by atoms with E-state index in [9.17, 15) is 4.39 Å². The van der Waals surface area contributed by atoms with E-state index < -0.39 is 0 Å². The number of aliphatic hydroxyl groups excluding tert-OH is 1. The van der Waals surface area contributed by atoms with Crippen molar-refractivity contribution in [1.29, 1.82) is 0 Å². The van der Waals surface area contributed by atoms with E-state index in [0.717, 1.165) is 19.4 Å². The first kappa shape index (κ1) is 13.8. The van der Waals surface area contributed by atoms with Crippen molar-refractivity contribution < 1.29 is 14.7 Å². The van der Waals surface area contributed by atoms with Crippen LogP contribution in [0, 0.1) is 11.7 Å². The molecule has 2 rings (SSSR count). The molecule has 0 unspecified atom stereocenters. The number of halogens is 1. The summed E-state index contributed by atoms with van der Waals surface area (Å²) >= 11 is 0. The molecule has 104 valence electrons. The second-order valence-electron chi connectivity index (χ2n) is 4.91. The molecule has 1 aliphatic rings. The zero-order chi connectivity index (χ0) is 13.8. The lowest BCUT2D eigenvalue weighted by atomic mass is 9.82. The Bertz CT molecular complexity index is 473. The lowest BCUT2D eigenvalue weighted by molar-refractivity contribution is 0.0429. The number of aliphatic hydroxyl groups is 1. The van der Waals surface area contributed by atoms with Crippen molar-refractivity contribution in [2.75, 3.05) is 6.54 Å². The largest absolute Gasteiger partial charge is 0.409 e. The smallest absolute Gasteiger partial charge is 0.170 e. The molecule has 0 atom stereocenters. The summed E-state index contributed by atoms with van der Waals surface area (Å²) in [6.45, 7) is 1.20. The number of benzene rings is 1. The normalized spacial score (nSPS) is 23.2. The van der Waals surface area contributed by atoms with Crippen molar-refractivity contribution in [3.8, 4) is 0 Å². The Hall–Kier alpha value is -1.66. The summed E-state index contributed by atoms with van der Waals surface area (Å²) in [5.41, 5.74) is 6.27. The van der Waals surface area contributed by atoms with Crippen LogP contribution in [0.25, 0.3) is 0 Å². The zero-order valence-corrected chi connectivity index (χ0v) is 10.5. The van der Waals surface area contributed by atoms with Gasteiger partial charge in [-0.25, -0.2) is 4.39 Å². The molecule has 1 aromatic carbocycles. The third-order valence-electron chi connectivity index (χ3n) is 3.42. The second kappa shape index (κ2) is 5.99. The highest BCUT2D eigenvalue weighted by Gasteiger charge is 2.26. The molecule has 1 aliphatic carbocycles. The minimum Gasteiger partial charge on any atom is -0.409 e. The van der Waals surface area contributed by atoms with Gasteiger partial charge in [-0.15, -0.1) is 0 Å². The Morgan fingerprint density at radius 2 is 2.21 bits per heavy atom. The Morgan fingerprint density at radius 3 is 2.79 bits per heavy atom. The van der Waals surface area contributed by atoms with Crippen molar-refractivity contribution in [3.63, 3.8) is 0 Å². The van der Waals surface area contributed by atoms with Crippen molar-refractivity contribution in [3.05, 3.63) is 35.1 Å². The Balaban J connectivity index is 1.87. The minimum absolute atomic E-state index is 0.109.